The van der Waals surface area contributed by atoms with Gasteiger partial charge in [0, 0.05) is 53.8 Å². The first-order valence-electron chi connectivity index (χ1n) is 8.20. The molecule has 136 valence electrons. The van der Waals surface area contributed by atoms with Crippen LogP contribution in [0.3, 0.4) is 0 Å². The Morgan fingerprint density at radius 1 is 1.12 bits per heavy atom. The van der Waals surface area contributed by atoms with Crippen LogP contribution < -0.4 is 10.2 Å². The quantitative estimate of drug-likeness (QED) is 0.798. The van der Waals surface area contributed by atoms with Crippen molar-refractivity contribution in [2.75, 3.05) is 37.6 Å². The number of hydrogen-bond donors (Lipinski definition) is 1. The predicted molar refractivity (Wildman–Crippen MR) is 105 cm³/mol. The topological polar surface area (TPSA) is 65.5 Å². The van der Waals surface area contributed by atoms with Crippen LogP contribution in [-0.2, 0) is 4.79 Å². The van der Waals surface area contributed by atoms with Crippen molar-refractivity contribution in [1.29, 1.82) is 0 Å². The van der Waals surface area contributed by atoms with Gasteiger partial charge in [0.15, 0.2) is 0 Å². The maximum atomic E-state index is 12.3. The van der Waals surface area contributed by atoms with Crippen molar-refractivity contribution >= 4 is 45.0 Å². The Kier molecular flexibility index (Phi) is 6.11. The van der Waals surface area contributed by atoms with E-state index in [2.05, 4.69) is 31.1 Å². The first kappa shape index (κ1) is 18.7. The van der Waals surface area contributed by atoms with Crippen LogP contribution in [0.1, 0.15) is 10.4 Å². The lowest BCUT2D eigenvalue weighted by Crippen LogP contribution is -2.51. The van der Waals surface area contributed by atoms with E-state index in [-0.39, 0.29) is 18.4 Å². The van der Waals surface area contributed by atoms with Crippen LogP contribution >= 0.6 is 27.5 Å². The average molecular weight is 438 g/mol. The van der Waals surface area contributed by atoms with Gasteiger partial charge in [-0.1, -0.05) is 11.6 Å². The molecule has 3 rings (SSSR count). The standard InChI is InChI=1S/C18H18BrClN4O2/c19-14-9-13(10-21-11-14)18(26)22-12-17(25)24-7-5-23(6-8-24)16-3-1-15(20)2-4-16/h1-4,9-11H,5-8,12H2,(H,22,26). The van der Waals surface area contributed by atoms with E-state index >= 15 is 0 Å². The fourth-order valence-corrected chi connectivity index (χ4v) is 3.26. The molecule has 0 radical (unpaired) electrons. The van der Waals surface area contributed by atoms with Gasteiger partial charge in [0.25, 0.3) is 5.91 Å². The first-order valence-corrected chi connectivity index (χ1v) is 9.37. The monoisotopic (exact) mass is 436 g/mol. The van der Waals surface area contributed by atoms with E-state index in [0.29, 0.717) is 23.7 Å². The van der Waals surface area contributed by atoms with E-state index in [1.54, 1.807) is 17.2 Å². The smallest absolute Gasteiger partial charge is 0.253 e. The molecule has 1 N–H and O–H groups in total. The van der Waals surface area contributed by atoms with Crippen LogP contribution in [0, 0.1) is 0 Å². The van der Waals surface area contributed by atoms with Gasteiger partial charge in [-0.05, 0) is 46.3 Å². The third-order valence-corrected chi connectivity index (χ3v) is 4.88. The van der Waals surface area contributed by atoms with Crippen LogP contribution in [0.2, 0.25) is 5.02 Å². The molecule has 1 aromatic carbocycles. The maximum absolute atomic E-state index is 12.3. The van der Waals surface area contributed by atoms with Gasteiger partial charge in [0.05, 0.1) is 12.1 Å². The van der Waals surface area contributed by atoms with E-state index in [0.717, 1.165) is 23.2 Å². The number of carbonyl (C=O) groups is 2. The fourth-order valence-electron chi connectivity index (χ4n) is 2.77. The molecule has 1 aliphatic heterocycles. The number of pyridine rings is 1. The van der Waals surface area contributed by atoms with Gasteiger partial charge in [0.1, 0.15) is 0 Å². The lowest BCUT2D eigenvalue weighted by Gasteiger charge is -2.36. The molecule has 2 aromatic rings. The summed E-state index contributed by atoms with van der Waals surface area (Å²) in [5.41, 5.74) is 1.51. The molecule has 6 nitrogen and oxygen atoms in total. The van der Waals surface area contributed by atoms with Gasteiger partial charge in [-0.2, -0.15) is 0 Å². The Labute approximate surface area is 165 Å². The molecule has 1 aliphatic rings. The summed E-state index contributed by atoms with van der Waals surface area (Å²) in [4.78, 5) is 32.4. The van der Waals surface area contributed by atoms with E-state index in [9.17, 15) is 9.59 Å². The fraction of sp³-hybridized carbons (Fsp3) is 0.278. The predicted octanol–water partition coefficient (Wildman–Crippen LogP) is 2.58. The number of aromatic nitrogens is 1. The summed E-state index contributed by atoms with van der Waals surface area (Å²) in [5, 5.41) is 3.36. The number of rotatable bonds is 4. The van der Waals surface area contributed by atoms with Gasteiger partial charge in [-0.25, -0.2) is 0 Å². The summed E-state index contributed by atoms with van der Waals surface area (Å²) in [6, 6.07) is 9.34. The Morgan fingerprint density at radius 3 is 2.46 bits per heavy atom. The summed E-state index contributed by atoms with van der Waals surface area (Å²) in [7, 11) is 0. The van der Waals surface area contributed by atoms with Gasteiger partial charge in [-0.3, -0.25) is 14.6 Å². The number of carbonyl (C=O) groups excluding carboxylic acids is 2. The van der Waals surface area contributed by atoms with Crippen LogP contribution in [-0.4, -0.2) is 54.4 Å². The number of halogens is 2. The second-order valence-corrected chi connectivity index (χ2v) is 7.27. The highest BCUT2D eigenvalue weighted by molar-refractivity contribution is 9.10. The molecule has 0 spiro atoms. The Bertz CT molecular complexity index is 792. The zero-order valence-corrected chi connectivity index (χ0v) is 16.3. The number of nitrogens with zero attached hydrogens (tertiary/aromatic N) is 3. The Morgan fingerprint density at radius 2 is 1.81 bits per heavy atom. The lowest BCUT2D eigenvalue weighted by atomic mass is 10.2. The summed E-state index contributed by atoms with van der Waals surface area (Å²) in [6.07, 6.45) is 3.07. The molecule has 1 saturated heterocycles. The zero-order valence-electron chi connectivity index (χ0n) is 14.0. The van der Waals surface area contributed by atoms with Gasteiger partial charge >= 0.3 is 0 Å². The molecule has 0 saturated carbocycles. The van der Waals surface area contributed by atoms with Gasteiger partial charge < -0.3 is 15.1 Å². The third kappa shape index (κ3) is 4.74. The highest BCUT2D eigenvalue weighted by Crippen LogP contribution is 2.19. The molecule has 2 heterocycles. The number of hydrogen-bond acceptors (Lipinski definition) is 4. The zero-order chi connectivity index (χ0) is 18.5. The highest BCUT2D eigenvalue weighted by atomic mass is 79.9. The number of piperazine rings is 1. The number of nitrogens with one attached hydrogen (secondary N) is 1. The van der Waals surface area contributed by atoms with Crippen molar-refractivity contribution in [1.82, 2.24) is 15.2 Å². The molecule has 1 fully saturated rings. The second-order valence-electron chi connectivity index (χ2n) is 5.92. The van der Waals surface area contributed by atoms with E-state index in [1.165, 1.54) is 6.20 Å². The molecule has 0 atom stereocenters. The van der Waals surface area contributed by atoms with E-state index in [1.807, 2.05) is 24.3 Å². The lowest BCUT2D eigenvalue weighted by molar-refractivity contribution is -0.130. The van der Waals surface area contributed by atoms with Crippen LogP contribution in [0.15, 0.2) is 47.2 Å². The number of benzene rings is 1. The molecular formula is C18H18BrClN4O2. The number of amides is 2. The molecule has 8 heteroatoms. The summed E-state index contributed by atoms with van der Waals surface area (Å²) in [5.74, 6) is -0.399. The van der Waals surface area contributed by atoms with Crippen LogP contribution in [0.5, 0.6) is 0 Å². The minimum Gasteiger partial charge on any atom is -0.368 e. The molecule has 0 bridgehead atoms. The number of anilines is 1. The Balaban J connectivity index is 1.47. The second kappa shape index (κ2) is 8.51. The highest BCUT2D eigenvalue weighted by Gasteiger charge is 2.21. The van der Waals surface area contributed by atoms with Crippen LogP contribution in [0.25, 0.3) is 0 Å². The largest absolute Gasteiger partial charge is 0.368 e. The first-order chi connectivity index (χ1) is 12.5. The molecule has 0 unspecified atom stereocenters. The normalized spacial score (nSPS) is 14.2. The SMILES string of the molecule is O=C(NCC(=O)N1CCN(c2ccc(Cl)cc2)CC1)c1cncc(Br)c1. The van der Waals surface area contributed by atoms with Crippen molar-refractivity contribution < 1.29 is 9.59 Å². The van der Waals surface area contributed by atoms with E-state index < -0.39 is 0 Å². The van der Waals surface area contributed by atoms with Gasteiger partial charge in [0.2, 0.25) is 5.91 Å². The molecule has 0 aliphatic carbocycles. The maximum Gasteiger partial charge on any atom is 0.253 e. The van der Waals surface area contributed by atoms with Crippen molar-refractivity contribution in [3.05, 3.63) is 57.8 Å². The van der Waals surface area contributed by atoms with Crippen LogP contribution in [0.4, 0.5) is 5.69 Å². The van der Waals surface area contributed by atoms with Gasteiger partial charge in [-0.15, -0.1) is 0 Å². The minimum absolute atomic E-state index is 0.0215. The molecule has 26 heavy (non-hydrogen) atoms. The molecular weight excluding hydrogens is 420 g/mol. The van der Waals surface area contributed by atoms with Crippen molar-refractivity contribution in [3.63, 3.8) is 0 Å². The van der Waals surface area contributed by atoms with Crippen molar-refractivity contribution in [2.24, 2.45) is 0 Å². The molecule has 2 amide bonds. The summed E-state index contributed by atoms with van der Waals surface area (Å²) >= 11 is 9.19. The Hall–Kier alpha value is -2.12. The van der Waals surface area contributed by atoms with Crippen molar-refractivity contribution in [3.8, 4) is 0 Å². The summed E-state index contributed by atoms with van der Waals surface area (Å²) < 4.78 is 0.717. The van der Waals surface area contributed by atoms with Crippen molar-refractivity contribution in [2.45, 2.75) is 0 Å². The minimum atomic E-state index is -0.313. The van der Waals surface area contributed by atoms with E-state index in [4.69, 9.17) is 11.6 Å². The molecule has 1 aromatic heterocycles. The third-order valence-electron chi connectivity index (χ3n) is 4.19. The summed E-state index contributed by atoms with van der Waals surface area (Å²) in [6.45, 7) is 2.71. The average Bonchev–Trinajstić information content (AvgIpc) is 2.66.